The number of phenolic OH excluding ortho intramolecular Hbond substituents is 15. The number of ether oxygens (including phenoxy) is 5. The molecule has 25 nitrogen and oxygen atoms in total. The number of esters is 3. The van der Waals surface area contributed by atoms with E-state index >= 15 is 0 Å². The van der Waals surface area contributed by atoms with Crippen molar-refractivity contribution in [1.82, 2.24) is 0 Å². The monoisotopic (exact) mass is 938 g/mol. The molecule has 5 atom stereocenters. The van der Waals surface area contributed by atoms with Gasteiger partial charge in [0.05, 0.1) is 22.6 Å². The molecule has 67 heavy (non-hydrogen) atoms. The lowest BCUT2D eigenvalue weighted by Crippen LogP contribution is -2.59. The molecule has 0 unspecified atom stereocenters. The highest BCUT2D eigenvalue weighted by molar-refractivity contribution is 5.99. The summed E-state index contributed by atoms with van der Waals surface area (Å²) >= 11 is 0. The predicted octanol–water partition coefficient (Wildman–Crippen LogP) is 2.35. The van der Waals surface area contributed by atoms with Crippen molar-refractivity contribution in [3.8, 4) is 86.2 Å². The lowest BCUT2D eigenvalue weighted by atomic mass is 9.85. The molecule has 1 heterocycles. The van der Waals surface area contributed by atoms with Gasteiger partial charge in [0.25, 0.3) is 0 Å². The molecule has 5 aromatic rings. The van der Waals surface area contributed by atoms with Crippen LogP contribution in [0, 0.1) is 5.92 Å². The van der Waals surface area contributed by atoms with Gasteiger partial charge in [-0.05, 0) is 60.7 Å². The highest BCUT2D eigenvalue weighted by atomic mass is 16.8. The lowest BCUT2D eigenvalue weighted by Gasteiger charge is -2.44. The Morgan fingerprint density at radius 1 is 0.373 bits per heavy atom. The van der Waals surface area contributed by atoms with Gasteiger partial charge in [0.2, 0.25) is 6.29 Å². The summed E-state index contributed by atoms with van der Waals surface area (Å²) in [7, 11) is 0. The van der Waals surface area contributed by atoms with Crippen LogP contribution in [0.2, 0.25) is 0 Å². The lowest BCUT2D eigenvalue weighted by molar-refractivity contribution is -0.324. The Morgan fingerprint density at radius 3 is 0.970 bits per heavy atom. The number of aromatic hydroxyl groups is 15. The zero-order valence-electron chi connectivity index (χ0n) is 33.4. The van der Waals surface area contributed by atoms with Crippen molar-refractivity contribution in [2.45, 2.75) is 31.2 Å². The second kappa shape index (κ2) is 18.5. The quantitative estimate of drug-likeness (QED) is 0.0348. The van der Waals surface area contributed by atoms with Crippen LogP contribution < -0.4 is 0 Å². The van der Waals surface area contributed by atoms with Gasteiger partial charge in [-0.1, -0.05) is 0 Å². The molecule has 15 N–H and O–H groups in total. The fourth-order valence-corrected chi connectivity index (χ4v) is 6.45. The molecule has 0 saturated carbocycles. The maximum atomic E-state index is 14.1. The first-order chi connectivity index (χ1) is 31.4. The third kappa shape index (κ3) is 9.81. The maximum Gasteiger partial charge on any atom is 0.340 e. The molecular formula is C42H34O25. The number of hydrogen-bond donors (Lipinski definition) is 15. The number of carbonyl (C=O) groups excluding carboxylic acids is 5. The summed E-state index contributed by atoms with van der Waals surface area (Å²) in [5.41, 5.74) is -3.41. The summed E-state index contributed by atoms with van der Waals surface area (Å²) in [6.45, 7) is -1.22. The summed E-state index contributed by atoms with van der Waals surface area (Å²) < 4.78 is 28.3. The fraction of sp³-hybridized carbons (Fsp3) is 0.167. The minimum atomic E-state index is -2.48. The van der Waals surface area contributed by atoms with Gasteiger partial charge in [0, 0.05) is 17.5 Å². The summed E-state index contributed by atoms with van der Waals surface area (Å²) in [4.78, 5) is 68.9. The zero-order chi connectivity index (χ0) is 49.3. The number of Topliss-reactive ketones (excluding diaryl/α,β-unsaturated/α-hetero) is 2. The first-order valence-electron chi connectivity index (χ1n) is 18.7. The molecule has 0 spiro atoms. The molecule has 1 aliphatic heterocycles. The minimum Gasteiger partial charge on any atom is -0.504 e. The molecule has 1 fully saturated rings. The van der Waals surface area contributed by atoms with E-state index in [1.54, 1.807) is 0 Å². The molecule has 0 aromatic heterocycles. The van der Waals surface area contributed by atoms with Gasteiger partial charge in [-0.3, -0.25) is 9.59 Å². The molecule has 0 amide bonds. The van der Waals surface area contributed by atoms with Gasteiger partial charge in [0.1, 0.15) is 6.61 Å². The molecular weight excluding hydrogens is 904 g/mol. The van der Waals surface area contributed by atoms with E-state index in [0.29, 0.717) is 60.7 Å². The Morgan fingerprint density at radius 2 is 0.642 bits per heavy atom. The highest BCUT2D eigenvalue weighted by Crippen LogP contribution is 2.43. The van der Waals surface area contributed by atoms with Crippen LogP contribution in [-0.4, -0.2) is 137 Å². The third-order valence-corrected chi connectivity index (χ3v) is 9.86. The normalized spacial score (nSPS) is 17.8. The summed E-state index contributed by atoms with van der Waals surface area (Å²) in [5, 5.41) is 151. The number of rotatable bonds is 13. The van der Waals surface area contributed by atoms with Crippen LogP contribution in [0.25, 0.3) is 0 Å². The molecule has 6 rings (SSSR count). The van der Waals surface area contributed by atoms with E-state index in [9.17, 15) is 101 Å². The van der Waals surface area contributed by atoms with Crippen molar-refractivity contribution in [2.24, 2.45) is 5.92 Å². The number of benzene rings is 5. The second-order valence-corrected chi connectivity index (χ2v) is 14.4. The molecule has 0 bridgehead atoms. The van der Waals surface area contributed by atoms with Gasteiger partial charge in [-0.25, -0.2) is 14.4 Å². The molecule has 1 saturated heterocycles. The van der Waals surface area contributed by atoms with Crippen LogP contribution in [0.4, 0.5) is 0 Å². The van der Waals surface area contributed by atoms with Crippen molar-refractivity contribution < 1.29 is 124 Å². The van der Waals surface area contributed by atoms with Crippen LogP contribution in [0.5, 0.6) is 86.2 Å². The van der Waals surface area contributed by atoms with Crippen LogP contribution >= 0.6 is 0 Å². The van der Waals surface area contributed by atoms with E-state index < -0.39 is 187 Å². The predicted molar refractivity (Wildman–Crippen MR) is 212 cm³/mol. The van der Waals surface area contributed by atoms with Crippen LogP contribution in [0.15, 0.2) is 60.7 Å². The highest BCUT2D eigenvalue weighted by Gasteiger charge is 2.53. The fourth-order valence-electron chi connectivity index (χ4n) is 6.45. The Balaban J connectivity index is 1.52. The van der Waals surface area contributed by atoms with E-state index in [1.165, 1.54) is 0 Å². The van der Waals surface area contributed by atoms with E-state index in [4.69, 9.17) is 23.7 Å². The molecule has 5 aromatic carbocycles. The van der Waals surface area contributed by atoms with Crippen LogP contribution in [0.1, 0.15) is 58.2 Å². The Hall–Kier alpha value is -9.23. The number of phenols is 15. The van der Waals surface area contributed by atoms with Gasteiger partial charge in [-0.2, -0.15) is 0 Å². The zero-order valence-corrected chi connectivity index (χ0v) is 33.4. The van der Waals surface area contributed by atoms with Crippen molar-refractivity contribution in [1.29, 1.82) is 0 Å². The topological polar surface area (TPSA) is 435 Å². The van der Waals surface area contributed by atoms with E-state index in [0.717, 1.165) is 0 Å². The average Bonchev–Trinajstić information content (AvgIpc) is 3.27. The third-order valence-electron chi connectivity index (χ3n) is 9.86. The summed E-state index contributed by atoms with van der Waals surface area (Å²) in [6.07, 6.45) is -10.6. The van der Waals surface area contributed by atoms with Gasteiger partial charge in [0.15, 0.2) is 116 Å². The Labute approximate surface area is 371 Å². The Kier molecular flexibility index (Phi) is 13.0. The van der Waals surface area contributed by atoms with E-state index in [2.05, 4.69) is 0 Å². The second-order valence-electron chi connectivity index (χ2n) is 14.4. The summed E-state index contributed by atoms with van der Waals surface area (Å²) in [6, 6.07) is 6.16. The molecule has 25 heteroatoms. The number of hydrogen-bond acceptors (Lipinski definition) is 25. The van der Waals surface area contributed by atoms with Crippen LogP contribution in [-0.2, 0) is 23.7 Å². The van der Waals surface area contributed by atoms with E-state index in [1.807, 2.05) is 0 Å². The molecule has 1 aliphatic rings. The SMILES string of the molecule is O=C(CO[C@H]1O[C@@H](OC(=O)c2cc(O)c(O)c(O)c2)[C@H](OC(=O)c2cc(O)c(O)c(O)c2)[C@@H](CC(=O)c2cc(O)c(O)c(O)c2)[C@@H]1OC(=O)c1cc(O)c(O)c(O)c1)c1cc(O)c(O)c(O)c1. The Bertz CT molecular complexity index is 2720. The first kappa shape index (κ1) is 47.3. The first-order valence-corrected chi connectivity index (χ1v) is 18.7. The van der Waals surface area contributed by atoms with E-state index in [-0.39, 0.29) is 0 Å². The van der Waals surface area contributed by atoms with Crippen molar-refractivity contribution in [2.75, 3.05) is 6.61 Å². The number of carbonyl (C=O) groups is 5. The smallest absolute Gasteiger partial charge is 0.340 e. The van der Waals surface area contributed by atoms with Crippen LogP contribution in [0.3, 0.4) is 0 Å². The van der Waals surface area contributed by atoms with Crippen molar-refractivity contribution >= 4 is 29.5 Å². The summed E-state index contributed by atoms with van der Waals surface area (Å²) in [5.74, 6) is -25.0. The molecule has 0 radical (unpaired) electrons. The molecule has 352 valence electrons. The average molecular weight is 939 g/mol. The van der Waals surface area contributed by atoms with Crippen molar-refractivity contribution in [3.05, 3.63) is 88.5 Å². The van der Waals surface area contributed by atoms with Gasteiger partial charge < -0.3 is 100 Å². The maximum absolute atomic E-state index is 14.1. The largest absolute Gasteiger partial charge is 0.504 e. The van der Waals surface area contributed by atoms with Gasteiger partial charge >= 0.3 is 17.9 Å². The van der Waals surface area contributed by atoms with Gasteiger partial charge in [-0.15, -0.1) is 0 Å². The van der Waals surface area contributed by atoms with Crippen molar-refractivity contribution in [3.63, 3.8) is 0 Å². The standard InChI is InChI=1S/C42H34O25/c43-19(13-1-20(44)31(55)21(45)2-13)11-18-36(64-38(60)15-5-24(48)33(57)25(49)6-15)41(63-12-30(54)14-3-22(46)32(56)23(47)4-14)67-42(66-40(62)17-9-28(52)35(59)29(53)10-17)37(18)65-39(61)16-7-26(50)34(58)27(51)8-16/h1-10,18,36-37,41-42,44-53,55-59H,11-12H2/t18-,36-,37+,41-,42+/m0/s1. The number of ketones is 2. The minimum absolute atomic E-state index is 0.534. The molecule has 0 aliphatic carbocycles.